The highest BCUT2D eigenvalue weighted by Gasteiger charge is 2.08. The van der Waals surface area contributed by atoms with E-state index in [1.165, 1.54) is 0 Å². The average Bonchev–Trinajstić information content (AvgIpc) is 2.49. The normalized spacial score (nSPS) is 9.65. The molecule has 0 saturated heterocycles. The van der Waals surface area contributed by atoms with Gasteiger partial charge in [0.15, 0.2) is 0 Å². The Bertz CT molecular complexity index is 671. The van der Waals surface area contributed by atoms with Gasteiger partial charge in [0.05, 0.1) is 11.6 Å². The molecule has 0 spiro atoms. The van der Waals surface area contributed by atoms with Gasteiger partial charge in [-0.25, -0.2) is 0 Å². The monoisotopic (exact) mass is 266 g/mol. The summed E-state index contributed by atoms with van der Waals surface area (Å²) in [5.41, 5.74) is 5.79. The van der Waals surface area contributed by atoms with Crippen molar-refractivity contribution in [3.8, 4) is 6.07 Å². The molecule has 2 aromatic carbocycles. The highest BCUT2D eigenvalue weighted by Crippen LogP contribution is 2.18. The summed E-state index contributed by atoms with van der Waals surface area (Å²) in [5.74, 6) is 5.04. The van der Waals surface area contributed by atoms with Crippen LogP contribution >= 0.6 is 0 Å². The van der Waals surface area contributed by atoms with Gasteiger partial charge in [-0.05, 0) is 48.9 Å². The Morgan fingerprint density at radius 3 is 2.50 bits per heavy atom. The molecule has 2 rings (SSSR count). The van der Waals surface area contributed by atoms with Crippen LogP contribution in [0, 0.1) is 18.3 Å². The van der Waals surface area contributed by atoms with E-state index in [2.05, 4.69) is 10.7 Å². The zero-order chi connectivity index (χ0) is 14.5. The fourth-order valence-electron chi connectivity index (χ4n) is 1.74. The fourth-order valence-corrected chi connectivity index (χ4v) is 1.74. The average molecular weight is 266 g/mol. The minimum Gasteiger partial charge on any atom is -0.324 e. The summed E-state index contributed by atoms with van der Waals surface area (Å²) in [7, 11) is 0. The van der Waals surface area contributed by atoms with Crippen LogP contribution in [0.25, 0.3) is 0 Å². The maximum Gasteiger partial charge on any atom is 0.255 e. The molecule has 0 bridgehead atoms. The number of nitrogens with two attached hydrogens (primary N) is 1. The molecule has 5 nitrogen and oxygen atoms in total. The molecule has 0 radical (unpaired) electrons. The van der Waals surface area contributed by atoms with Gasteiger partial charge in [-0.2, -0.15) is 5.26 Å². The smallest absolute Gasteiger partial charge is 0.255 e. The number of nitriles is 1. The minimum absolute atomic E-state index is 0.230. The molecule has 0 aliphatic carbocycles. The van der Waals surface area contributed by atoms with Gasteiger partial charge in [0, 0.05) is 16.9 Å². The third-order valence-electron chi connectivity index (χ3n) is 2.93. The van der Waals surface area contributed by atoms with Gasteiger partial charge in [0.25, 0.3) is 5.91 Å². The Morgan fingerprint density at radius 1 is 1.20 bits per heavy atom. The maximum absolute atomic E-state index is 12.1. The Balaban J connectivity index is 2.20. The number of carbonyl (C=O) groups is 1. The molecular formula is C15H14N4O. The second kappa shape index (κ2) is 5.87. The number of amides is 1. The summed E-state index contributed by atoms with van der Waals surface area (Å²) < 4.78 is 0. The SMILES string of the molecule is Cc1ccc(C#N)cc1NC(=O)c1ccc(NN)cc1. The molecule has 4 N–H and O–H groups in total. The molecule has 0 aromatic heterocycles. The lowest BCUT2D eigenvalue weighted by Crippen LogP contribution is -2.13. The second-order valence-corrected chi connectivity index (χ2v) is 4.32. The van der Waals surface area contributed by atoms with E-state index in [1.54, 1.807) is 42.5 Å². The number of hydrogen-bond acceptors (Lipinski definition) is 4. The van der Waals surface area contributed by atoms with Gasteiger partial charge < -0.3 is 10.7 Å². The lowest BCUT2D eigenvalue weighted by molar-refractivity contribution is 0.102. The van der Waals surface area contributed by atoms with E-state index in [0.717, 1.165) is 11.3 Å². The lowest BCUT2D eigenvalue weighted by Gasteiger charge is -2.09. The predicted molar refractivity (Wildman–Crippen MR) is 78.1 cm³/mol. The number of nitrogens with zero attached hydrogens (tertiary/aromatic N) is 1. The molecule has 0 saturated carbocycles. The molecule has 100 valence electrons. The number of aryl methyl sites for hydroxylation is 1. The Hall–Kier alpha value is -2.84. The highest BCUT2D eigenvalue weighted by atomic mass is 16.1. The van der Waals surface area contributed by atoms with Crippen LogP contribution in [0.4, 0.5) is 11.4 Å². The van der Waals surface area contributed by atoms with Crippen LogP contribution in [0.2, 0.25) is 0 Å². The summed E-state index contributed by atoms with van der Waals surface area (Å²) >= 11 is 0. The van der Waals surface area contributed by atoms with Crippen molar-refractivity contribution in [3.63, 3.8) is 0 Å². The Labute approximate surface area is 117 Å². The van der Waals surface area contributed by atoms with Crippen molar-refractivity contribution < 1.29 is 4.79 Å². The standard InChI is InChI=1S/C15H14N4O/c1-10-2-3-11(9-16)8-14(10)18-15(20)12-4-6-13(19-17)7-5-12/h2-8,19H,17H2,1H3,(H,18,20). The van der Waals surface area contributed by atoms with Gasteiger partial charge in [0.1, 0.15) is 0 Å². The third-order valence-corrected chi connectivity index (χ3v) is 2.93. The first-order chi connectivity index (χ1) is 9.63. The topological polar surface area (TPSA) is 90.9 Å². The van der Waals surface area contributed by atoms with Crippen LogP contribution in [0.3, 0.4) is 0 Å². The maximum atomic E-state index is 12.1. The zero-order valence-corrected chi connectivity index (χ0v) is 11.0. The summed E-state index contributed by atoms with van der Waals surface area (Å²) in [6.45, 7) is 1.87. The number of rotatable bonds is 3. The summed E-state index contributed by atoms with van der Waals surface area (Å²) in [6, 6.07) is 14.0. The van der Waals surface area contributed by atoms with E-state index in [0.29, 0.717) is 16.8 Å². The van der Waals surface area contributed by atoms with Gasteiger partial charge in [-0.1, -0.05) is 6.07 Å². The minimum atomic E-state index is -0.230. The van der Waals surface area contributed by atoms with Crippen molar-refractivity contribution in [1.29, 1.82) is 5.26 Å². The van der Waals surface area contributed by atoms with Gasteiger partial charge in [-0.15, -0.1) is 0 Å². The van der Waals surface area contributed by atoms with Crippen molar-refractivity contribution in [2.75, 3.05) is 10.7 Å². The molecule has 0 aliphatic rings. The van der Waals surface area contributed by atoms with Crippen LogP contribution < -0.4 is 16.6 Å². The quantitative estimate of drug-likeness (QED) is 0.587. The largest absolute Gasteiger partial charge is 0.324 e. The number of benzene rings is 2. The van der Waals surface area contributed by atoms with Crippen molar-refractivity contribution in [2.24, 2.45) is 5.84 Å². The molecule has 20 heavy (non-hydrogen) atoms. The van der Waals surface area contributed by atoms with Gasteiger partial charge >= 0.3 is 0 Å². The first kappa shape index (κ1) is 13.6. The summed E-state index contributed by atoms with van der Waals surface area (Å²) in [6.07, 6.45) is 0. The predicted octanol–water partition coefficient (Wildman–Crippen LogP) is 2.40. The second-order valence-electron chi connectivity index (χ2n) is 4.32. The molecule has 1 amide bonds. The number of hydrazine groups is 1. The molecule has 5 heteroatoms. The molecule has 0 aliphatic heterocycles. The molecule has 0 atom stereocenters. The van der Waals surface area contributed by atoms with Crippen LogP contribution in [0.1, 0.15) is 21.5 Å². The van der Waals surface area contributed by atoms with Crippen LogP contribution in [0.15, 0.2) is 42.5 Å². The van der Waals surface area contributed by atoms with Gasteiger partial charge in [0.2, 0.25) is 0 Å². The number of nitrogens with one attached hydrogen (secondary N) is 2. The van der Waals surface area contributed by atoms with E-state index in [9.17, 15) is 4.79 Å². The Kier molecular flexibility index (Phi) is 3.99. The van der Waals surface area contributed by atoms with Crippen LogP contribution in [-0.4, -0.2) is 5.91 Å². The first-order valence-electron chi connectivity index (χ1n) is 6.03. The first-order valence-corrected chi connectivity index (χ1v) is 6.03. The molecule has 0 heterocycles. The third kappa shape index (κ3) is 2.94. The van der Waals surface area contributed by atoms with Crippen LogP contribution in [0.5, 0.6) is 0 Å². The van der Waals surface area contributed by atoms with Crippen LogP contribution in [-0.2, 0) is 0 Å². The van der Waals surface area contributed by atoms with Crippen molar-refractivity contribution in [3.05, 3.63) is 59.2 Å². The van der Waals surface area contributed by atoms with E-state index < -0.39 is 0 Å². The molecule has 0 unspecified atom stereocenters. The number of carbonyl (C=O) groups excluding carboxylic acids is 1. The van der Waals surface area contributed by atoms with Crippen molar-refractivity contribution in [2.45, 2.75) is 6.92 Å². The lowest BCUT2D eigenvalue weighted by atomic mass is 10.1. The van der Waals surface area contributed by atoms with E-state index >= 15 is 0 Å². The molecular weight excluding hydrogens is 252 g/mol. The zero-order valence-electron chi connectivity index (χ0n) is 11.0. The number of nitrogen functional groups attached to an aromatic ring is 1. The van der Waals surface area contributed by atoms with E-state index in [1.807, 2.05) is 13.0 Å². The molecule has 2 aromatic rings. The molecule has 0 fully saturated rings. The fraction of sp³-hybridized carbons (Fsp3) is 0.0667. The van der Waals surface area contributed by atoms with Crippen molar-refractivity contribution >= 4 is 17.3 Å². The number of hydrogen-bond donors (Lipinski definition) is 3. The highest BCUT2D eigenvalue weighted by molar-refractivity contribution is 6.04. The Morgan fingerprint density at radius 2 is 1.90 bits per heavy atom. The van der Waals surface area contributed by atoms with Gasteiger partial charge in [-0.3, -0.25) is 10.6 Å². The van der Waals surface area contributed by atoms with E-state index in [-0.39, 0.29) is 5.91 Å². The summed E-state index contributed by atoms with van der Waals surface area (Å²) in [4.78, 5) is 12.1. The van der Waals surface area contributed by atoms with Crippen molar-refractivity contribution in [1.82, 2.24) is 0 Å². The van der Waals surface area contributed by atoms with E-state index in [4.69, 9.17) is 11.1 Å². The number of anilines is 2. The summed E-state index contributed by atoms with van der Waals surface area (Å²) in [5, 5.41) is 11.7.